The van der Waals surface area contributed by atoms with Crippen LogP contribution in [0.3, 0.4) is 0 Å². The van der Waals surface area contributed by atoms with Crippen LogP contribution in [-0.2, 0) is 16.1 Å². The lowest BCUT2D eigenvalue weighted by Gasteiger charge is -2.26. The summed E-state index contributed by atoms with van der Waals surface area (Å²) in [5.74, 6) is -0.00512. The maximum atomic E-state index is 12.3. The minimum atomic E-state index is -0.386. The number of nitrogens with one attached hydrogen (secondary N) is 2. The second-order valence-electron chi connectivity index (χ2n) is 5.01. The number of hydrogen-bond acceptors (Lipinski definition) is 5. The summed E-state index contributed by atoms with van der Waals surface area (Å²) in [5, 5.41) is 12.5. The molecule has 0 saturated carbocycles. The summed E-state index contributed by atoms with van der Waals surface area (Å²) in [6.07, 6.45) is -0.386. The second-order valence-corrected chi connectivity index (χ2v) is 5.96. The van der Waals surface area contributed by atoms with Crippen molar-refractivity contribution in [3.05, 3.63) is 29.3 Å². The lowest BCUT2D eigenvalue weighted by Crippen LogP contribution is -2.48. The number of thiophene rings is 1. The van der Waals surface area contributed by atoms with Gasteiger partial charge < -0.3 is 15.0 Å². The Morgan fingerprint density at radius 3 is 3.24 bits per heavy atom. The van der Waals surface area contributed by atoms with Gasteiger partial charge in [-0.1, -0.05) is 6.07 Å². The van der Waals surface area contributed by atoms with Crippen molar-refractivity contribution in [1.29, 1.82) is 0 Å². The van der Waals surface area contributed by atoms with Gasteiger partial charge in [0.15, 0.2) is 0 Å². The van der Waals surface area contributed by atoms with Crippen molar-refractivity contribution >= 4 is 17.2 Å². The zero-order chi connectivity index (χ0) is 14.7. The van der Waals surface area contributed by atoms with Crippen molar-refractivity contribution < 1.29 is 9.53 Å². The summed E-state index contributed by atoms with van der Waals surface area (Å²) in [6.45, 7) is 2.46. The van der Waals surface area contributed by atoms with E-state index in [4.69, 9.17) is 4.74 Å². The molecule has 0 radical (unpaired) electrons. The first-order valence-corrected chi connectivity index (χ1v) is 7.77. The van der Waals surface area contributed by atoms with Crippen LogP contribution in [0.2, 0.25) is 0 Å². The highest BCUT2D eigenvalue weighted by molar-refractivity contribution is 7.13. The van der Waals surface area contributed by atoms with Gasteiger partial charge in [-0.05, 0) is 17.5 Å². The largest absolute Gasteiger partial charge is 0.366 e. The fraction of sp³-hybridized carbons (Fsp3) is 0.429. The smallest absolute Gasteiger partial charge is 0.253 e. The van der Waals surface area contributed by atoms with Gasteiger partial charge in [-0.25, -0.2) is 0 Å². The molecule has 0 aromatic carbocycles. The molecule has 1 saturated heterocycles. The van der Waals surface area contributed by atoms with E-state index in [-0.39, 0.29) is 12.0 Å². The molecule has 6 nitrogen and oxygen atoms in total. The first kappa shape index (κ1) is 14.2. The molecular weight excluding hydrogens is 288 g/mol. The maximum absolute atomic E-state index is 12.3. The van der Waals surface area contributed by atoms with E-state index in [0.29, 0.717) is 19.7 Å². The fourth-order valence-electron chi connectivity index (χ4n) is 2.30. The number of nitrogens with zero attached hydrogens (tertiary/aromatic N) is 2. The van der Waals surface area contributed by atoms with Crippen LogP contribution < -0.4 is 5.32 Å². The predicted molar refractivity (Wildman–Crippen MR) is 81.0 cm³/mol. The normalized spacial score (nSPS) is 18.6. The molecule has 3 heterocycles. The summed E-state index contributed by atoms with van der Waals surface area (Å²) in [6, 6.07) is 6.01. The molecule has 7 heteroatoms. The maximum Gasteiger partial charge on any atom is 0.253 e. The average Bonchev–Trinajstić information content (AvgIpc) is 3.18. The van der Waals surface area contributed by atoms with E-state index in [1.807, 2.05) is 23.6 Å². The van der Waals surface area contributed by atoms with Crippen molar-refractivity contribution in [3.63, 3.8) is 0 Å². The highest BCUT2D eigenvalue weighted by atomic mass is 32.1. The molecule has 1 aliphatic heterocycles. The summed E-state index contributed by atoms with van der Waals surface area (Å²) in [7, 11) is 1.78. The Kier molecular flexibility index (Phi) is 4.33. The van der Waals surface area contributed by atoms with Crippen molar-refractivity contribution in [2.24, 2.45) is 0 Å². The quantitative estimate of drug-likeness (QED) is 0.887. The Morgan fingerprint density at radius 2 is 2.52 bits per heavy atom. The van der Waals surface area contributed by atoms with E-state index in [9.17, 15) is 4.79 Å². The second kappa shape index (κ2) is 6.38. The number of hydrogen-bond donors (Lipinski definition) is 2. The number of amides is 1. The third-order valence-corrected chi connectivity index (χ3v) is 4.28. The fourth-order valence-corrected chi connectivity index (χ4v) is 2.98. The lowest BCUT2D eigenvalue weighted by molar-refractivity contribution is -0.144. The van der Waals surface area contributed by atoms with Gasteiger partial charge in [-0.2, -0.15) is 5.10 Å². The summed E-state index contributed by atoms with van der Waals surface area (Å²) in [5.41, 5.74) is 1.83. The molecule has 0 spiro atoms. The molecular formula is C14H18N4O2S. The van der Waals surface area contributed by atoms with Crippen LogP contribution >= 0.6 is 11.3 Å². The number of ether oxygens (including phenoxy) is 1. The van der Waals surface area contributed by atoms with E-state index in [0.717, 1.165) is 22.8 Å². The van der Waals surface area contributed by atoms with Gasteiger partial charge in [0.25, 0.3) is 5.91 Å². The third-order valence-electron chi connectivity index (χ3n) is 3.39. The summed E-state index contributed by atoms with van der Waals surface area (Å²) < 4.78 is 5.48. The predicted octanol–water partition coefficient (Wildman–Crippen LogP) is 1.08. The lowest BCUT2D eigenvalue weighted by atomic mass is 10.2. The molecule has 1 atom stereocenters. The molecule has 2 aromatic heterocycles. The van der Waals surface area contributed by atoms with E-state index >= 15 is 0 Å². The molecule has 1 fully saturated rings. The van der Waals surface area contributed by atoms with Gasteiger partial charge in [0.05, 0.1) is 23.7 Å². The zero-order valence-corrected chi connectivity index (χ0v) is 12.7. The van der Waals surface area contributed by atoms with Crippen LogP contribution in [0.5, 0.6) is 0 Å². The Labute approximate surface area is 127 Å². The Hall–Kier alpha value is -1.70. The molecule has 112 valence electrons. The molecule has 0 aliphatic carbocycles. The Bertz CT molecular complexity index is 590. The standard InChI is InChI=1S/C14H18N4O2S/c1-18(14(19)12-8-15-4-5-20-12)9-10-7-11(17-16-10)13-3-2-6-21-13/h2-3,6-7,12,15H,4-5,8-9H2,1H3,(H,16,17)/t12-/m1/s1. The number of likely N-dealkylation sites (N-methyl/N-ethyl adjacent to an activating group) is 1. The number of H-pyrrole nitrogens is 1. The van der Waals surface area contributed by atoms with Gasteiger partial charge in [0.2, 0.25) is 0 Å². The SMILES string of the molecule is CN(Cc1cc(-c2cccs2)n[nH]1)C(=O)[C@H]1CNCCO1. The van der Waals surface area contributed by atoms with E-state index in [2.05, 4.69) is 15.5 Å². The van der Waals surface area contributed by atoms with Crippen molar-refractivity contribution in [2.75, 3.05) is 26.7 Å². The number of carbonyl (C=O) groups excluding carboxylic acids is 1. The first-order valence-electron chi connectivity index (χ1n) is 6.89. The highest BCUT2D eigenvalue weighted by Gasteiger charge is 2.25. The number of carbonyl (C=O) groups is 1. The van der Waals surface area contributed by atoms with Crippen LogP contribution in [-0.4, -0.2) is 53.9 Å². The van der Waals surface area contributed by atoms with E-state index in [1.54, 1.807) is 23.3 Å². The molecule has 21 heavy (non-hydrogen) atoms. The van der Waals surface area contributed by atoms with Crippen molar-refractivity contribution in [3.8, 4) is 10.6 Å². The van der Waals surface area contributed by atoms with Gasteiger partial charge in [0, 0.05) is 20.1 Å². The van der Waals surface area contributed by atoms with Crippen LogP contribution in [0.1, 0.15) is 5.69 Å². The number of aromatic nitrogens is 2. The van der Waals surface area contributed by atoms with Crippen molar-refractivity contribution in [2.45, 2.75) is 12.6 Å². The first-order chi connectivity index (χ1) is 10.2. The molecule has 1 amide bonds. The molecule has 1 aliphatic rings. The molecule has 2 aromatic rings. The van der Waals surface area contributed by atoms with Crippen molar-refractivity contribution in [1.82, 2.24) is 20.4 Å². The Morgan fingerprint density at radius 1 is 1.62 bits per heavy atom. The number of morpholine rings is 1. The van der Waals surface area contributed by atoms with Crippen LogP contribution in [0.4, 0.5) is 0 Å². The Balaban J connectivity index is 1.62. The van der Waals surface area contributed by atoms with Crippen LogP contribution in [0, 0.1) is 0 Å². The van der Waals surface area contributed by atoms with E-state index < -0.39 is 0 Å². The average molecular weight is 306 g/mol. The number of aromatic amines is 1. The molecule has 0 unspecified atom stereocenters. The van der Waals surface area contributed by atoms with Crippen LogP contribution in [0.15, 0.2) is 23.6 Å². The highest BCUT2D eigenvalue weighted by Crippen LogP contribution is 2.23. The minimum absolute atomic E-state index is 0.00512. The molecule has 3 rings (SSSR count). The number of rotatable bonds is 4. The summed E-state index contributed by atoms with van der Waals surface area (Å²) in [4.78, 5) is 15.1. The monoisotopic (exact) mass is 306 g/mol. The van der Waals surface area contributed by atoms with Gasteiger partial charge in [-0.15, -0.1) is 11.3 Å². The topological polar surface area (TPSA) is 70.2 Å². The van der Waals surface area contributed by atoms with Crippen LogP contribution in [0.25, 0.3) is 10.6 Å². The zero-order valence-electron chi connectivity index (χ0n) is 11.8. The van der Waals surface area contributed by atoms with Gasteiger partial charge >= 0.3 is 0 Å². The van der Waals surface area contributed by atoms with Gasteiger partial charge in [-0.3, -0.25) is 9.89 Å². The van der Waals surface area contributed by atoms with Gasteiger partial charge in [0.1, 0.15) is 11.8 Å². The molecule has 2 N–H and O–H groups in total. The summed E-state index contributed by atoms with van der Waals surface area (Å²) >= 11 is 1.65. The minimum Gasteiger partial charge on any atom is -0.366 e. The van der Waals surface area contributed by atoms with E-state index in [1.165, 1.54) is 0 Å². The third kappa shape index (κ3) is 3.31. The molecule has 0 bridgehead atoms.